The van der Waals surface area contributed by atoms with Crippen LogP contribution in [-0.4, -0.2) is 23.7 Å². The zero-order chi connectivity index (χ0) is 15.2. The number of aryl methyl sites for hydroxylation is 2. The second-order valence-electron chi connectivity index (χ2n) is 5.33. The number of hydrogen-bond acceptors (Lipinski definition) is 3. The first kappa shape index (κ1) is 15.6. The fourth-order valence-corrected chi connectivity index (χ4v) is 2.65. The fraction of sp³-hybridized carbons (Fsp3) is 0.471. The molecule has 1 N–H and O–H groups in total. The van der Waals surface area contributed by atoms with E-state index in [-0.39, 0.29) is 6.04 Å². The Hall–Kier alpha value is -1.81. The van der Waals surface area contributed by atoms with Crippen molar-refractivity contribution in [3.05, 3.63) is 47.5 Å². The molecule has 21 heavy (non-hydrogen) atoms. The fourth-order valence-electron chi connectivity index (χ4n) is 2.65. The van der Waals surface area contributed by atoms with E-state index >= 15 is 0 Å². The number of ether oxygens (including phenoxy) is 1. The Labute approximate surface area is 127 Å². The zero-order valence-corrected chi connectivity index (χ0v) is 13.4. The molecule has 0 aliphatic rings. The molecule has 0 amide bonds. The summed E-state index contributed by atoms with van der Waals surface area (Å²) in [5, 5.41) is 3.39. The minimum absolute atomic E-state index is 0.192. The standard InChI is InChI=1S/C17H25N3O/c1-5-9-20-10-8-19-17(20)12-15(18-3)14-11-13(2)6-7-16(14)21-4/h6-8,10-11,15,18H,5,9,12H2,1-4H3. The van der Waals surface area contributed by atoms with E-state index in [4.69, 9.17) is 4.74 Å². The van der Waals surface area contributed by atoms with Gasteiger partial charge in [0.05, 0.1) is 7.11 Å². The van der Waals surface area contributed by atoms with Gasteiger partial charge in [-0.2, -0.15) is 0 Å². The van der Waals surface area contributed by atoms with Crippen molar-refractivity contribution in [2.75, 3.05) is 14.2 Å². The van der Waals surface area contributed by atoms with Crippen molar-refractivity contribution in [2.24, 2.45) is 0 Å². The molecule has 1 heterocycles. The maximum absolute atomic E-state index is 5.51. The van der Waals surface area contributed by atoms with Gasteiger partial charge in [-0.25, -0.2) is 4.98 Å². The molecular formula is C17H25N3O. The highest BCUT2D eigenvalue weighted by atomic mass is 16.5. The van der Waals surface area contributed by atoms with E-state index in [9.17, 15) is 0 Å². The average molecular weight is 287 g/mol. The van der Waals surface area contributed by atoms with Crippen molar-refractivity contribution in [2.45, 2.75) is 39.3 Å². The second-order valence-corrected chi connectivity index (χ2v) is 5.33. The van der Waals surface area contributed by atoms with Gasteiger partial charge < -0.3 is 14.6 Å². The highest BCUT2D eigenvalue weighted by Gasteiger charge is 2.17. The number of hydrogen-bond donors (Lipinski definition) is 1. The lowest BCUT2D eigenvalue weighted by atomic mass is 10.00. The summed E-state index contributed by atoms with van der Waals surface area (Å²) < 4.78 is 7.74. The molecule has 0 bridgehead atoms. The van der Waals surface area contributed by atoms with Crippen LogP contribution in [0.2, 0.25) is 0 Å². The summed E-state index contributed by atoms with van der Waals surface area (Å²) in [6.45, 7) is 5.30. The molecule has 1 atom stereocenters. The number of likely N-dealkylation sites (N-methyl/N-ethyl adjacent to an activating group) is 1. The van der Waals surface area contributed by atoms with Crippen LogP contribution >= 0.6 is 0 Å². The molecule has 4 nitrogen and oxygen atoms in total. The molecule has 2 rings (SSSR count). The predicted octanol–water partition coefficient (Wildman–Crippen LogP) is 3.11. The van der Waals surface area contributed by atoms with Crippen molar-refractivity contribution >= 4 is 0 Å². The molecule has 0 saturated carbocycles. The topological polar surface area (TPSA) is 39.1 Å². The maximum atomic E-state index is 5.51. The first-order chi connectivity index (χ1) is 10.2. The van der Waals surface area contributed by atoms with Crippen molar-refractivity contribution in [1.82, 2.24) is 14.9 Å². The van der Waals surface area contributed by atoms with Gasteiger partial charge in [-0.15, -0.1) is 0 Å². The Morgan fingerprint density at radius 2 is 2.19 bits per heavy atom. The van der Waals surface area contributed by atoms with Crippen LogP contribution in [0.1, 0.15) is 36.3 Å². The third-order valence-electron chi connectivity index (χ3n) is 3.76. The lowest BCUT2D eigenvalue weighted by Crippen LogP contribution is -2.21. The van der Waals surface area contributed by atoms with Crippen LogP contribution in [0.25, 0.3) is 0 Å². The van der Waals surface area contributed by atoms with Crippen LogP contribution in [0.3, 0.4) is 0 Å². The maximum Gasteiger partial charge on any atom is 0.123 e. The third-order valence-corrected chi connectivity index (χ3v) is 3.76. The Morgan fingerprint density at radius 3 is 2.86 bits per heavy atom. The largest absolute Gasteiger partial charge is 0.496 e. The second kappa shape index (κ2) is 7.27. The summed E-state index contributed by atoms with van der Waals surface area (Å²) >= 11 is 0. The summed E-state index contributed by atoms with van der Waals surface area (Å²) in [5.41, 5.74) is 2.42. The highest BCUT2D eigenvalue weighted by molar-refractivity contribution is 5.39. The lowest BCUT2D eigenvalue weighted by molar-refractivity contribution is 0.399. The van der Waals surface area contributed by atoms with E-state index in [2.05, 4.69) is 47.0 Å². The Balaban J connectivity index is 2.27. The molecule has 0 spiro atoms. The van der Waals surface area contributed by atoms with Crippen molar-refractivity contribution < 1.29 is 4.74 Å². The molecule has 1 aromatic heterocycles. The Morgan fingerprint density at radius 1 is 1.38 bits per heavy atom. The highest BCUT2D eigenvalue weighted by Crippen LogP contribution is 2.28. The molecule has 4 heteroatoms. The number of nitrogens with one attached hydrogen (secondary N) is 1. The van der Waals surface area contributed by atoms with E-state index in [1.807, 2.05) is 19.3 Å². The van der Waals surface area contributed by atoms with E-state index < -0.39 is 0 Å². The molecule has 2 aromatic rings. The van der Waals surface area contributed by atoms with Gasteiger partial charge in [0.15, 0.2) is 0 Å². The number of methoxy groups -OCH3 is 1. The average Bonchev–Trinajstić information content (AvgIpc) is 2.92. The smallest absolute Gasteiger partial charge is 0.123 e. The monoisotopic (exact) mass is 287 g/mol. The Bertz CT molecular complexity index is 577. The summed E-state index contributed by atoms with van der Waals surface area (Å²) in [4.78, 5) is 4.51. The number of rotatable bonds is 7. The van der Waals surface area contributed by atoms with Crippen molar-refractivity contribution in [3.8, 4) is 5.75 Å². The van der Waals surface area contributed by atoms with Gasteiger partial charge in [0.25, 0.3) is 0 Å². The Kier molecular flexibility index (Phi) is 5.39. The summed E-state index contributed by atoms with van der Waals surface area (Å²) in [6.07, 6.45) is 5.90. The lowest BCUT2D eigenvalue weighted by Gasteiger charge is -2.20. The van der Waals surface area contributed by atoms with E-state index in [1.54, 1.807) is 7.11 Å². The van der Waals surface area contributed by atoms with Crippen molar-refractivity contribution in [1.29, 1.82) is 0 Å². The molecule has 1 unspecified atom stereocenters. The first-order valence-corrected chi connectivity index (χ1v) is 7.51. The quantitative estimate of drug-likeness (QED) is 0.850. The number of aromatic nitrogens is 2. The van der Waals surface area contributed by atoms with Gasteiger partial charge >= 0.3 is 0 Å². The van der Waals surface area contributed by atoms with Gasteiger partial charge in [0, 0.05) is 37.0 Å². The number of nitrogens with zero attached hydrogens (tertiary/aromatic N) is 2. The molecule has 114 valence electrons. The van der Waals surface area contributed by atoms with Crippen LogP contribution in [-0.2, 0) is 13.0 Å². The van der Waals surface area contributed by atoms with Crippen LogP contribution in [0.4, 0.5) is 0 Å². The molecule has 0 saturated heterocycles. The molecule has 0 fully saturated rings. The normalized spacial score (nSPS) is 12.4. The molecule has 1 aromatic carbocycles. The zero-order valence-electron chi connectivity index (χ0n) is 13.4. The third kappa shape index (κ3) is 3.64. The number of imidazole rings is 1. The van der Waals surface area contributed by atoms with E-state index in [0.29, 0.717) is 0 Å². The summed E-state index contributed by atoms with van der Waals surface area (Å²) in [5.74, 6) is 2.04. The van der Waals surface area contributed by atoms with Gasteiger partial charge in [0.1, 0.15) is 11.6 Å². The molecule has 0 aliphatic carbocycles. The minimum atomic E-state index is 0.192. The minimum Gasteiger partial charge on any atom is -0.496 e. The molecule has 0 radical (unpaired) electrons. The van der Waals surface area contributed by atoms with Gasteiger partial charge in [-0.05, 0) is 26.5 Å². The predicted molar refractivity (Wildman–Crippen MR) is 85.8 cm³/mol. The van der Waals surface area contributed by atoms with Gasteiger partial charge in [-0.3, -0.25) is 0 Å². The number of benzene rings is 1. The van der Waals surface area contributed by atoms with E-state index in [1.165, 1.54) is 11.1 Å². The SMILES string of the molecule is CCCn1ccnc1CC(NC)c1cc(C)ccc1OC. The first-order valence-electron chi connectivity index (χ1n) is 7.51. The van der Waals surface area contributed by atoms with Crippen molar-refractivity contribution in [3.63, 3.8) is 0 Å². The summed E-state index contributed by atoms with van der Waals surface area (Å²) in [6, 6.07) is 6.49. The van der Waals surface area contributed by atoms with Crippen LogP contribution < -0.4 is 10.1 Å². The van der Waals surface area contributed by atoms with Crippen LogP contribution in [0.15, 0.2) is 30.6 Å². The van der Waals surface area contributed by atoms with Crippen LogP contribution in [0.5, 0.6) is 5.75 Å². The molecule has 0 aliphatic heterocycles. The van der Waals surface area contributed by atoms with Gasteiger partial charge in [0.2, 0.25) is 0 Å². The van der Waals surface area contributed by atoms with Gasteiger partial charge in [-0.1, -0.05) is 24.6 Å². The van der Waals surface area contributed by atoms with E-state index in [0.717, 1.165) is 31.0 Å². The molecular weight excluding hydrogens is 262 g/mol. The summed E-state index contributed by atoms with van der Waals surface area (Å²) in [7, 11) is 3.71. The van der Waals surface area contributed by atoms with Crippen LogP contribution in [0, 0.1) is 6.92 Å².